The first kappa shape index (κ1) is 20.9. The number of aromatic amines is 1. The van der Waals surface area contributed by atoms with Crippen molar-refractivity contribution in [2.24, 2.45) is 0 Å². The number of benzene rings is 1. The van der Waals surface area contributed by atoms with Gasteiger partial charge in [0.05, 0.1) is 6.10 Å². The number of carbonyl (C=O) groups is 1. The molecule has 0 aliphatic carbocycles. The van der Waals surface area contributed by atoms with Crippen LogP contribution in [0.3, 0.4) is 0 Å². The van der Waals surface area contributed by atoms with Crippen molar-refractivity contribution in [1.29, 1.82) is 0 Å². The Hall–Kier alpha value is -2.82. The number of carbonyl (C=O) groups excluding carboxylic acids is 1. The van der Waals surface area contributed by atoms with Gasteiger partial charge in [-0.2, -0.15) is 0 Å². The summed E-state index contributed by atoms with van der Waals surface area (Å²) in [6, 6.07) is 11.9. The Morgan fingerprint density at radius 2 is 1.79 bits per heavy atom. The maximum atomic E-state index is 12.5. The first-order valence-corrected chi connectivity index (χ1v) is 10.2. The molecule has 5 heteroatoms. The van der Waals surface area contributed by atoms with Crippen LogP contribution in [0.15, 0.2) is 47.3 Å². The summed E-state index contributed by atoms with van der Waals surface area (Å²) < 4.78 is 5.57. The summed E-state index contributed by atoms with van der Waals surface area (Å²) in [6.45, 7) is 10.3. The van der Waals surface area contributed by atoms with Crippen LogP contribution in [0.1, 0.15) is 64.3 Å². The van der Waals surface area contributed by atoms with Gasteiger partial charge in [-0.05, 0) is 48.9 Å². The van der Waals surface area contributed by atoms with Crippen LogP contribution in [0.4, 0.5) is 0 Å². The highest BCUT2D eigenvalue weighted by Gasteiger charge is 2.21. The Balaban J connectivity index is 2.02. The number of rotatable bonds is 5. The lowest BCUT2D eigenvalue weighted by molar-refractivity contribution is -0.119. The van der Waals surface area contributed by atoms with E-state index in [0.717, 1.165) is 17.6 Å². The lowest BCUT2D eigenvalue weighted by atomic mass is 9.86. The molecule has 2 N–H and O–H groups in total. The van der Waals surface area contributed by atoms with Gasteiger partial charge in [0, 0.05) is 23.7 Å². The van der Waals surface area contributed by atoms with Crippen molar-refractivity contribution in [2.75, 3.05) is 0 Å². The Morgan fingerprint density at radius 1 is 1.10 bits per heavy atom. The minimum absolute atomic E-state index is 0.0464. The third kappa shape index (κ3) is 5.17. The second-order valence-corrected chi connectivity index (χ2v) is 8.85. The van der Waals surface area contributed by atoms with Crippen LogP contribution in [-0.2, 0) is 10.2 Å². The molecule has 0 saturated carbocycles. The average Bonchev–Trinajstić information content (AvgIpc) is 3.05. The Kier molecular flexibility index (Phi) is 5.96. The van der Waals surface area contributed by atoms with Crippen LogP contribution in [-0.4, -0.2) is 23.0 Å². The summed E-state index contributed by atoms with van der Waals surface area (Å²) >= 11 is 0. The van der Waals surface area contributed by atoms with Gasteiger partial charge in [-0.1, -0.05) is 51.1 Å². The Labute approximate surface area is 172 Å². The molecule has 2 aromatic rings. The predicted octanol–water partition coefficient (Wildman–Crippen LogP) is 4.17. The van der Waals surface area contributed by atoms with E-state index in [1.807, 2.05) is 26.0 Å². The van der Waals surface area contributed by atoms with Crippen molar-refractivity contribution in [3.05, 3.63) is 69.6 Å². The van der Waals surface area contributed by atoms with Crippen LogP contribution in [0.5, 0.6) is 5.75 Å². The molecule has 1 atom stereocenters. The van der Waals surface area contributed by atoms with E-state index < -0.39 is 0 Å². The number of pyridine rings is 1. The van der Waals surface area contributed by atoms with Gasteiger partial charge < -0.3 is 15.0 Å². The van der Waals surface area contributed by atoms with Crippen LogP contribution < -0.4 is 15.6 Å². The average molecular weight is 395 g/mol. The highest BCUT2D eigenvalue weighted by atomic mass is 16.5. The zero-order valence-corrected chi connectivity index (χ0v) is 17.8. The molecule has 0 bridgehead atoms. The molecule has 1 aromatic carbocycles. The number of H-pyrrole nitrogens is 1. The Morgan fingerprint density at radius 3 is 2.31 bits per heavy atom. The fourth-order valence-corrected chi connectivity index (χ4v) is 3.42. The lowest BCUT2D eigenvalue weighted by Gasteiger charge is -2.20. The molecule has 1 saturated heterocycles. The number of hydrogen-bond donors (Lipinski definition) is 2. The van der Waals surface area contributed by atoms with E-state index in [4.69, 9.17) is 4.74 Å². The van der Waals surface area contributed by atoms with Gasteiger partial charge in [0.15, 0.2) is 5.75 Å². The van der Waals surface area contributed by atoms with Gasteiger partial charge in [0.1, 0.15) is 0 Å². The van der Waals surface area contributed by atoms with Crippen molar-refractivity contribution in [3.63, 3.8) is 0 Å². The number of amides is 1. The molecular formula is C24H30N2O3. The number of ether oxygens (including phenoxy) is 1. The van der Waals surface area contributed by atoms with E-state index in [-0.39, 0.29) is 29.0 Å². The highest BCUT2D eigenvalue weighted by Crippen LogP contribution is 2.28. The van der Waals surface area contributed by atoms with Gasteiger partial charge in [-0.25, -0.2) is 0 Å². The first-order chi connectivity index (χ1) is 13.6. The number of aromatic nitrogens is 1. The molecule has 29 heavy (non-hydrogen) atoms. The molecule has 2 heterocycles. The first-order valence-electron chi connectivity index (χ1n) is 10.2. The fourth-order valence-electron chi connectivity index (χ4n) is 3.42. The number of hydrogen-bond acceptors (Lipinski definition) is 3. The fraction of sp³-hybridized carbons (Fsp3) is 0.417. The van der Waals surface area contributed by atoms with Crippen molar-refractivity contribution in [3.8, 4) is 5.75 Å². The SMILES string of the molecule is CC(C)Oc1ccc(/C(=C/[C@H]2CCC(=O)N2)c2ccc(C(C)(C)C)cc2)[nH]c1=O. The second-order valence-electron chi connectivity index (χ2n) is 8.85. The van der Waals surface area contributed by atoms with E-state index in [2.05, 4.69) is 55.3 Å². The van der Waals surface area contributed by atoms with Gasteiger partial charge in [0.25, 0.3) is 5.56 Å². The van der Waals surface area contributed by atoms with Gasteiger partial charge in [-0.15, -0.1) is 0 Å². The zero-order chi connectivity index (χ0) is 21.2. The predicted molar refractivity (Wildman–Crippen MR) is 116 cm³/mol. The van der Waals surface area contributed by atoms with Gasteiger partial charge in [-0.3, -0.25) is 9.59 Å². The minimum atomic E-state index is -0.260. The lowest BCUT2D eigenvalue weighted by Crippen LogP contribution is -2.24. The largest absolute Gasteiger partial charge is 0.485 e. The summed E-state index contributed by atoms with van der Waals surface area (Å²) in [4.78, 5) is 27.1. The quantitative estimate of drug-likeness (QED) is 0.800. The van der Waals surface area contributed by atoms with E-state index in [1.165, 1.54) is 5.56 Å². The van der Waals surface area contributed by atoms with Crippen molar-refractivity contribution in [1.82, 2.24) is 10.3 Å². The molecule has 5 nitrogen and oxygen atoms in total. The van der Waals surface area contributed by atoms with E-state index in [1.54, 1.807) is 6.07 Å². The summed E-state index contributed by atoms with van der Waals surface area (Å²) in [5.74, 6) is 0.364. The van der Waals surface area contributed by atoms with Gasteiger partial charge in [0.2, 0.25) is 5.91 Å². The summed E-state index contributed by atoms with van der Waals surface area (Å²) in [7, 11) is 0. The highest BCUT2D eigenvalue weighted by molar-refractivity contribution is 5.82. The maximum absolute atomic E-state index is 12.5. The molecule has 0 unspecified atom stereocenters. The zero-order valence-electron chi connectivity index (χ0n) is 17.8. The maximum Gasteiger partial charge on any atom is 0.290 e. The monoisotopic (exact) mass is 394 g/mol. The smallest absolute Gasteiger partial charge is 0.290 e. The molecule has 154 valence electrons. The molecule has 0 spiro atoms. The molecule has 1 fully saturated rings. The van der Waals surface area contributed by atoms with E-state index >= 15 is 0 Å². The minimum Gasteiger partial charge on any atom is -0.485 e. The molecule has 1 aromatic heterocycles. The van der Waals surface area contributed by atoms with E-state index in [9.17, 15) is 9.59 Å². The van der Waals surface area contributed by atoms with Crippen LogP contribution in [0.2, 0.25) is 0 Å². The summed E-state index contributed by atoms with van der Waals surface area (Å²) in [5, 5.41) is 2.98. The molecule has 1 aliphatic rings. The van der Waals surface area contributed by atoms with Gasteiger partial charge >= 0.3 is 0 Å². The summed E-state index contributed by atoms with van der Waals surface area (Å²) in [6.07, 6.45) is 3.23. The summed E-state index contributed by atoms with van der Waals surface area (Å²) in [5.41, 5.74) is 3.63. The molecule has 0 radical (unpaired) electrons. The van der Waals surface area contributed by atoms with Crippen molar-refractivity contribution in [2.45, 2.75) is 65.0 Å². The van der Waals surface area contributed by atoms with E-state index in [0.29, 0.717) is 17.9 Å². The van der Waals surface area contributed by atoms with Crippen LogP contribution >= 0.6 is 0 Å². The second kappa shape index (κ2) is 8.27. The molecule has 3 rings (SSSR count). The third-order valence-electron chi connectivity index (χ3n) is 4.98. The molecule has 1 amide bonds. The topological polar surface area (TPSA) is 71.2 Å². The number of nitrogens with one attached hydrogen (secondary N) is 2. The van der Waals surface area contributed by atoms with Crippen molar-refractivity contribution < 1.29 is 9.53 Å². The third-order valence-corrected chi connectivity index (χ3v) is 4.98. The normalized spacial score (nSPS) is 17.5. The molecular weight excluding hydrogens is 364 g/mol. The molecule has 1 aliphatic heterocycles. The Bertz CT molecular complexity index is 963. The van der Waals surface area contributed by atoms with Crippen molar-refractivity contribution >= 4 is 11.5 Å². The standard InChI is InChI=1S/C24H30N2O3/c1-15(2)29-21-12-11-20(26-23(21)28)19(14-18-10-13-22(27)25-18)16-6-8-17(9-7-16)24(3,4)5/h6-9,11-12,14-15,18H,10,13H2,1-5H3,(H,25,27)(H,26,28)/b19-14+/t18-/m1/s1. The van der Waals surface area contributed by atoms with Crippen LogP contribution in [0.25, 0.3) is 5.57 Å². The van der Waals surface area contributed by atoms with Crippen LogP contribution in [0, 0.1) is 0 Å².